The van der Waals surface area contributed by atoms with E-state index >= 15 is 0 Å². The molecular formula is C9H16N2O. The van der Waals surface area contributed by atoms with Gasteiger partial charge in [-0.15, -0.1) is 0 Å². The molecule has 0 aromatic carbocycles. The van der Waals surface area contributed by atoms with Gasteiger partial charge in [0.15, 0.2) is 0 Å². The highest BCUT2D eigenvalue weighted by Gasteiger charge is 2.30. The molecule has 0 spiro atoms. The largest absolute Gasteiger partial charge is 0.344 e. The lowest BCUT2D eigenvalue weighted by Gasteiger charge is -2.19. The van der Waals surface area contributed by atoms with Crippen LogP contribution < -0.4 is 0 Å². The number of fused-ring (bicyclic) bond motifs is 1. The minimum atomic E-state index is 0.324. The van der Waals surface area contributed by atoms with Crippen molar-refractivity contribution in [3.8, 4) is 0 Å². The van der Waals surface area contributed by atoms with Gasteiger partial charge in [-0.05, 0) is 19.4 Å². The van der Waals surface area contributed by atoms with Crippen molar-refractivity contribution >= 4 is 5.91 Å². The van der Waals surface area contributed by atoms with Crippen molar-refractivity contribution < 1.29 is 4.79 Å². The molecule has 0 unspecified atom stereocenters. The van der Waals surface area contributed by atoms with Crippen LogP contribution in [0.5, 0.6) is 0 Å². The summed E-state index contributed by atoms with van der Waals surface area (Å²) in [5, 5.41) is 0. The van der Waals surface area contributed by atoms with E-state index in [0.29, 0.717) is 11.9 Å². The van der Waals surface area contributed by atoms with E-state index in [1.54, 1.807) is 0 Å². The molecule has 2 saturated heterocycles. The van der Waals surface area contributed by atoms with E-state index < -0.39 is 0 Å². The average molecular weight is 168 g/mol. The standard InChI is InChI=1S/C9H16N2O/c1-10-5-6-11-4-2-3-8(11)7-9(10)12/h8H,2-7H2,1H3/t8-/m0/s1. The minimum Gasteiger partial charge on any atom is -0.344 e. The van der Waals surface area contributed by atoms with Crippen molar-refractivity contribution in [2.45, 2.75) is 25.3 Å². The molecule has 2 heterocycles. The van der Waals surface area contributed by atoms with E-state index in [1.165, 1.54) is 19.4 Å². The highest BCUT2D eigenvalue weighted by atomic mass is 16.2. The van der Waals surface area contributed by atoms with Crippen LogP contribution in [-0.2, 0) is 4.79 Å². The number of hydrogen-bond donors (Lipinski definition) is 0. The number of hydrogen-bond acceptors (Lipinski definition) is 2. The minimum absolute atomic E-state index is 0.324. The number of likely N-dealkylation sites (N-methyl/N-ethyl adjacent to an activating group) is 1. The van der Waals surface area contributed by atoms with Crippen molar-refractivity contribution in [3.05, 3.63) is 0 Å². The Morgan fingerprint density at radius 3 is 3.00 bits per heavy atom. The van der Waals surface area contributed by atoms with Crippen molar-refractivity contribution in [2.75, 3.05) is 26.7 Å². The molecule has 2 rings (SSSR count). The second-order valence-corrected chi connectivity index (χ2v) is 3.85. The topological polar surface area (TPSA) is 23.6 Å². The first-order chi connectivity index (χ1) is 5.77. The molecule has 0 saturated carbocycles. The van der Waals surface area contributed by atoms with E-state index in [-0.39, 0.29) is 0 Å². The molecule has 0 bridgehead atoms. The fourth-order valence-corrected chi connectivity index (χ4v) is 2.18. The van der Waals surface area contributed by atoms with Gasteiger partial charge >= 0.3 is 0 Å². The van der Waals surface area contributed by atoms with Gasteiger partial charge in [-0.25, -0.2) is 0 Å². The van der Waals surface area contributed by atoms with Crippen LogP contribution in [0.3, 0.4) is 0 Å². The molecule has 0 aliphatic carbocycles. The van der Waals surface area contributed by atoms with Crippen LogP contribution in [0.15, 0.2) is 0 Å². The third-order valence-corrected chi connectivity index (χ3v) is 3.06. The Labute approximate surface area is 73.3 Å². The lowest BCUT2D eigenvalue weighted by Crippen LogP contribution is -2.30. The van der Waals surface area contributed by atoms with Crippen molar-refractivity contribution in [2.24, 2.45) is 0 Å². The maximum absolute atomic E-state index is 11.5. The normalized spacial score (nSPS) is 31.9. The third kappa shape index (κ3) is 1.33. The van der Waals surface area contributed by atoms with Crippen molar-refractivity contribution in [1.29, 1.82) is 0 Å². The zero-order chi connectivity index (χ0) is 8.55. The van der Waals surface area contributed by atoms with Crippen LogP contribution in [0.4, 0.5) is 0 Å². The molecule has 2 fully saturated rings. The average Bonchev–Trinajstić information content (AvgIpc) is 2.43. The molecule has 2 aliphatic rings. The molecule has 3 heteroatoms. The molecule has 3 nitrogen and oxygen atoms in total. The second kappa shape index (κ2) is 3.05. The van der Waals surface area contributed by atoms with Gasteiger partial charge in [0, 0.05) is 32.6 Å². The Morgan fingerprint density at radius 1 is 1.33 bits per heavy atom. The van der Waals surface area contributed by atoms with Crippen LogP contribution in [0.25, 0.3) is 0 Å². The molecule has 0 aromatic rings. The SMILES string of the molecule is CN1CCN2CCC[C@H]2CC1=O. The highest BCUT2D eigenvalue weighted by molar-refractivity contribution is 5.76. The molecular weight excluding hydrogens is 152 g/mol. The summed E-state index contributed by atoms with van der Waals surface area (Å²) in [6.07, 6.45) is 3.25. The van der Waals surface area contributed by atoms with Crippen LogP contribution in [0.1, 0.15) is 19.3 Å². The van der Waals surface area contributed by atoms with Crippen LogP contribution in [0.2, 0.25) is 0 Å². The van der Waals surface area contributed by atoms with E-state index in [0.717, 1.165) is 19.5 Å². The monoisotopic (exact) mass is 168 g/mol. The van der Waals surface area contributed by atoms with Gasteiger partial charge in [0.25, 0.3) is 0 Å². The van der Waals surface area contributed by atoms with Gasteiger partial charge in [-0.2, -0.15) is 0 Å². The lowest BCUT2D eigenvalue weighted by molar-refractivity contribution is -0.129. The molecule has 1 atom stereocenters. The first-order valence-corrected chi connectivity index (χ1v) is 4.75. The predicted octanol–water partition coefficient (Wildman–Crippen LogP) is 0.313. The number of carbonyl (C=O) groups is 1. The van der Waals surface area contributed by atoms with Crippen LogP contribution >= 0.6 is 0 Å². The Kier molecular flexibility index (Phi) is 2.05. The molecule has 0 radical (unpaired) electrons. The van der Waals surface area contributed by atoms with E-state index in [1.807, 2.05) is 11.9 Å². The lowest BCUT2D eigenvalue weighted by atomic mass is 10.1. The van der Waals surface area contributed by atoms with Crippen LogP contribution in [-0.4, -0.2) is 48.4 Å². The fraction of sp³-hybridized carbons (Fsp3) is 0.889. The summed E-state index contributed by atoms with van der Waals surface area (Å²) in [7, 11) is 1.91. The summed E-state index contributed by atoms with van der Waals surface area (Å²) in [5.41, 5.74) is 0. The summed E-state index contributed by atoms with van der Waals surface area (Å²) in [4.78, 5) is 15.8. The zero-order valence-corrected chi connectivity index (χ0v) is 7.62. The molecule has 0 N–H and O–H groups in total. The quantitative estimate of drug-likeness (QED) is 0.520. The van der Waals surface area contributed by atoms with Crippen molar-refractivity contribution in [3.63, 3.8) is 0 Å². The van der Waals surface area contributed by atoms with Gasteiger partial charge < -0.3 is 4.90 Å². The zero-order valence-electron chi connectivity index (χ0n) is 7.62. The molecule has 0 aromatic heterocycles. The summed E-state index contributed by atoms with van der Waals surface area (Å²) in [6.45, 7) is 3.19. The Bertz CT molecular complexity index is 193. The number of carbonyl (C=O) groups excluding carboxylic acids is 1. The molecule has 68 valence electrons. The Hall–Kier alpha value is -0.570. The first kappa shape index (κ1) is 8.05. The summed E-state index contributed by atoms with van der Waals surface area (Å²) in [5.74, 6) is 0.324. The first-order valence-electron chi connectivity index (χ1n) is 4.75. The Balaban J connectivity index is 2.06. The summed E-state index contributed by atoms with van der Waals surface area (Å²) in [6, 6.07) is 0.558. The highest BCUT2D eigenvalue weighted by Crippen LogP contribution is 2.22. The van der Waals surface area contributed by atoms with Crippen LogP contribution in [0, 0.1) is 0 Å². The van der Waals surface area contributed by atoms with Gasteiger partial charge in [0.2, 0.25) is 5.91 Å². The molecule has 12 heavy (non-hydrogen) atoms. The maximum Gasteiger partial charge on any atom is 0.223 e. The number of nitrogens with zero attached hydrogens (tertiary/aromatic N) is 2. The van der Waals surface area contributed by atoms with Gasteiger partial charge in [-0.1, -0.05) is 0 Å². The molecule has 2 aliphatic heterocycles. The summed E-state index contributed by atoms with van der Waals surface area (Å²) >= 11 is 0. The van der Waals surface area contributed by atoms with Crippen molar-refractivity contribution in [1.82, 2.24) is 9.80 Å². The van der Waals surface area contributed by atoms with Gasteiger partial charge in [-0.3, -0.25) is 9.69 Å². The second-order valence-electron chi connectivity index (χ2n) is 3.85. The number of rotatable bonds is 0. The van der Waals surface area contributed by atoms with Gasteiger partial charge in [0.1, 0.15) is 0 Å². The predicted molar refractivity (Wildman–Crippen MR) is 46.8 cm³/mol. The Morgan fingerprint density at radius 2 is 2.17 bits per heavy atom. The maximum atomic E-state index is 11.5. The fourth-order valence-electron chi connectivity index (χ4n) is 2.18. The molecule has 1 amide bonds. The number of amides is 1. The van der Waals surface area contributed by atoms with E-state index in [2.05, 4.69) is 4.90 Å². The summed E-state index contributed by atoms with van der Waals surface area (Å²) < 4.78 is 0. The third-order valence-electron chi connectivity index (χ3n) is 3.06. The van der Waals surface area contributed by atoms with Gasteiger partial charge in [0.05, 0.1) is 0 Å². The smallest absolute Gasteiger partial charge is 0.223 e. The van der Waals surface area contributed by atoms with E-state index in [4.69, 9.17) is 0 Å². The van der Waals surface area contributed by atoms with E-state index in [9.17, 15) is 4.79 Å².